The highest BCUT2D eigenvalue weighted by Crippen LogP contribution is 2.29. The van der Waals surface area contributed by atoms with Gasteiger partial charge < -0.3 is 10.1 Å². The van der Waals surface area contributed by atoms with Crippen molar-refractivity contribution in [2.45, 2.75) is 25.8 Å². The summed E-state index contributed by atoms with van der Waals surface area (Å²) in [5.41, 5.74) is 1.97. The number of carboxylic acid groups (broad SMARTS) is 1. The van der Waals surface area contributed by atoms with Gasteiger partial charge in [-0.2, -0.15) is 0 Å². The summed E-state index contributed by atoms with van der Waals surface area (Å²) in [6.07, 6.45) is 2.28. The molecule has 0 aliphatic carbocycles. The van der Waals surface area contributed by atoms with Crippen LogP contribution in [0.1, 0.15) is 30.8 Å². The molecule has 0 saturated carbocycles. The van der Waals surface area contributed by atoms with E-state index in [4.69, 9.17) is 5.11 Å². The van der Waals surface area contributed by atoms with E-state index < -0.39 is 6.09 Å². The summed E-state index contributed by atoms with van der Waals surface area (Å²) in [7, 11) is 0. The van der Waals surface area contributed by atoms with Gasteiger partial charge in [0.1, 0.15) is 0 Å². The van der Waals surface area contributed by atoms with Crippen molar-refractivity contribution in [3.05, 3.63) is 17.7 Å². The van der Waals surface area contributed by atoms with Gasteiger partial charge in [-0.1, -0.05) is 6.92 Å². The molecule has 0 bridgehead atoms. The van der Waals surface area contributed by atoms with Crippen molar-refractivity contribution in [1.82, 2.24) is 14.9 Å². The number of aromatic amines is 1. The zero-order valence-electron chi connectivity index (χ0n) is 8.03. The molecule has 2 heterocycles. The number of hydrogen-bond acceptors (Lipinski definition) is 2. The summed E-state index contributed by atoms with van der Waals surface area (Å²) in [4.78, 5) is 19.6. The first-order valence-corrected chi connectivity index (χ1v) is 4.75. The average molecular weight is 195 g/mol. The Bertz CT molecular complexity index is 348. The van der Waals surface area contributed by atoms with Gasteiger partial charge >= 0.3 is 6.09 Å². The molecule has 1 atom stereocenters. The molecule has 1 aliphatic heterocycles. The Morgan fingerprint density at radius 1 is 1.86 bits per heavy atom. The number of hydrogen-bond donors (Lipinski definition) is 2. The van der Waals surface area contributed by atoms with Crippen molar-refractivity contribution >= 4 is 6.09 Å². The van der Waals surface area contributed by atoms with E-state index in [0.717, 1.165) is 24.2 Å². The van der Waals surface area contributed by atoms with E-state index in [1.54, 1.807) is 6.33 Å². The zero-order valence-corrected chi connectivity index (χ0v) is 8.03. The van der Waals surface area contributed by atoms with Crippen molar-refractivity contribution in [2.75, 3.05) is 6.54 Å². The minimum absolute atomic E-state index is 0.0810. The van der Waals surface area contributed by atoms with Crippen LogP contribution in [0.3, 0.4) is 0 Å². The Kier molecular flexibility index (Phi) is 2.15. The number of amides is 1. The van der Waals surface area contributed by atoms with Gasteiger partial charge in [-0.3, -0.25) is 4.90 Å². The van der Waals surface area contributed by atoms with Crippen LogP contribution in [-0.4, -0.2) is 32.6 Å². The number of fused-ring (bicyclic) bond motifs is 1. The fourth-order valence-corrected chi connectivity index (χ4v) is 2.00. The molecule has 2 N–H and O–H groups in total. The number of carbonyl (C=O) groups is 1. The van der Waals surface area contributed by atoms with Crippen molar-refractivity contribution in [3.63, 3.8) is 0 Å². The summed E-state index contributed by atoms with van der Waals surface area (Å²) in [5.74, 6) is 0. The fourth-order valence-electron chi connectivity index (χ4n) is 2.00. The number of aromatic nitrogens is 2. The molecule has 0 fully saturated rings. The van der Waals surface area contributed by atoms with Crippen molar-refractivity contribution in [2.24, 2.45) is 0 Å². The Hall–Kier alpha value is -1.52. The smallest absolute Gasteiger partial charge is 0.407 e. The molecule has 14 heavy (non-hydrogen) atoms. The molecule has 76 valence electrons. The van der Waals surface area contributed by atoms with Crippen LogP contribution in [0.15, 0.2) is 6.33 Å². The lowest BCUT2D eigenvalue weighted by molar-refractivity contribution is 0.117. The minimum atomic E-state index is -0.856. The normalized spacial score (nSPS) is 20.6. The summed E-state index contributed by atoms with van der Waals surface area (Å²) in [5, 5.41) is 8.99. The molecule has 0 aromatic carbocycles. The molecular weight excluding hydrogens is 182 g/mol. The summed E-state index contributed by atoms with van der Waals surface area (Å²) in [6, 6.07) is -0.0810. The van der Waals surface area contributed by atoms with E-state index in [0.29, 0.717) is 6.54 Å². The van der Waals surface area contributed by atoms with Crippen LogP contribution in [0.25, 0.3) is 0 Å². The predicted molar refractivity (Wildman–Crippen MR) is 50.1 cm³/mol. The summed E-state index contributed by atoms with van der Waals surface area (Å²) < 4.78 is 0. The van der Waals surface area contributed by atoms with Gasteiger partial charge in [0.15, 0.2) is 0 Å². The molecule has 5 heteroatoms. The lowest BCUT2D eigenvalue weighted by Gasteiger charge is -2.31. The van der Waals surface area contributed by atoms with Crippen LogP contribution in [0, 0.1) is 0 Å². The molecule has 1 aromatic heterocycles. The van der Waals surface area contributed by atoms with Gasteiger partial charge in [0, 0.05) is 18.7 Å². The van der Waals surface area contributed by atoms with Crippen LogP contribution >= 0.6 is 0 Å². The maximum Gasteiger partial charge on any atom is 0.407 e. The second kappa shape index (κ2) is 3.32. The monoisotopic (exact) mass is 195 g/mol. The Balaban J connectivity index is 2.34. The fraction of sp³-hybridized carbons (Fsp3) is 0.556. The van der Waals surface area contributed by atoms with Crippen LogP contribution in [-0.2, 0) is 6.42 Å². The van der Waals surface area contributed by atoms with Crippen LogP contribution < -0.4 is 0 Å². The SMILES string of the molecule is CCC1c2nc[nH]c2CCN1C(=O)O. The van der Waals surface area contributed by atoms with Crippen LogP contribution in [0.2, 0.25) is 0 Å². The molecule has 5 nitrogen and oxygen atoms in total. The third-order valence-corrected chi connectivity index (χ3v) is 2.68. The quantitative estimate of drug-likeness (QED) is 0.711. The van der Waals surface area contributed by atoms with E-state index in [1.165, 1.54) is 4.90 Å². The minimum Gasteiger partial charge on any atom is -0.465 e. The standard InChI is InChI=1S/C9H13N3O2/c1-2-7-8-6(10-5-11-8)3-4-12(7)9(13)14/h5,7H,2-4H2,1H3,(H,10,11)(H,13,14). The largest absolute Gasteiger partial charge is 0.465 e. The Morgan fingerprint density at radius 3 is 3.29 bits per heavy atom. The maximum absolute atomic E-state index is 10.9. The lowest BCUT2D eigenvalue weighted by atomic mass is 10.0. The maximum atomic E-state index is 10.9. The average Bonchev–Trinajstić information content (AvgIpc) is 2.63. The molecule has 0 radical (unpaired) electrons. The van der Waals surface area contributed by atoms with Gasteiger partial charge in [0.05, 0.1) is 18.1 Å². The van der Waals surface area contributed by atoms with Gasteiger partial charge in [0.2, 0.25) is 0 Å². The number of H-pyrrole nitrogens is 1. The van der Waals surface area contributed by atoms with Gasteiger partial charge in [-0.15, -0.1) is 0 Å². The number of rotatable bonds is 1. The second-order valence-electron chi connectivity index (χ2n) is 3.42. The molecule has 0 saturated heterocycles. The molecule has 1 aliphatic rings. The third-order valence-electron chi connectivity index (χ3n) is 2.68. The molecule has 2 rings (SSSR count). The first-order valence-electron chi connectivity index (χ1n) is 4.75. The first-order chi connectivity index (χ1) is 6.74. The van der Waals surface area contributed by atoms with Crippen LogP contribution in [0.4, 0.5) is 4.79 Å². The highest BCUT2D eigenvalue weighted by Gasteiger charge is 2.31. The third kappa shape index (κ3) is 1.25. The lowest BCUT2D eigenvalue weighted by Crippen LogP contribution is -2.39. The Morgan fingerprint density at radius 2 is 2.64 bits per heavy atom. The zero-order chi connectivity index (χ0) is 10.1. The van der Waals surface area contributed by atoms with E-state index in [9.17, 15) is 4.79 Å². The van der Waals surface area contributed by atoms with Crippen molar-refractivity contribution < 1.29 is 9.90 Å². The Labute approximate surface area is 81.8 Å². The molecular formula is C9H13N3O2. The topological polar surface area (TPSA) is 69.2 Å². The summed E-state index contributed by atoms with van der Waals surface area (Å²) >= 11 is 0. The highest BCUT2D eigenvalue weighted by molar-refractivity contribution is 5.66. The first kappa shape index (κ1) is 9.05. The van der Waals surface area contributed by atoms with Crippen molar-refractivity contribution in [3.8, 4) is 0 Å². The number of nitrogens with one attached hydrogen (secondary N) is 1. The van der Waals surface area contributed by atoms with E-state index in [-0.39, 0.29) is 6.04 Å². The number of nitrogens with zero attached hydrogens (tertiary/aromatic N) is 2. The van der Waals surface area contributed by atoms with Gasteiger partial charge in [-0.25, -0.2) is 9.78 Å². The van der Waals surface area contributed by atoms with Gasteiger partial charge in [-0.05, 0) is 6.42 Å². The molecule has 0 spiro atoms. The second-order valence-corrected chi connectivity index (χ2v) is 3.42. The molecule has 1 amide bonds. The van der Waals surface area contributed by atoms with Crippen LogP contribution in [0.5, 0.6) is 0 Å². The number of imidazole rings is 1. The molecule has 1 aromatic rings. The van der Waals surface area contributed by atoms with Gasteiger partial charge in [0.25, 0.3) is 0 Å². The summed E-state index contributed by atoms with van der Waals surface area (Å²) in [6.45, 7) is 2.54. The molecule has 1 unspecified atom stereocenters. The van der Waals surface area contributed by atoms with Crippen molar-refractivity contribution in [1.29, 1.82) is 0 Å². The van der Waals surface area contributed by atoms with E-state index in [1.807, 2.05) is 6.92 Å². The van der Waals surface area contributed by atoms with E-state index in [2.05, 4.69) is 9.97 Å². The highest BCUT2D eigenvalue weighted by atomic mass is 16.4. The predicted octanol–water partition coefficient (Wildman–Crippen LogP) is 1.40. The van der Waals surface area contributed by atoms with E-state index >= 15 is 0 Å².